The molecule has 18 heavy (non-hydrogen) atoms. The van der Waals surface area contributed by atoms with Crippen molar-refractivity contribution in [2.24, 2.45) is 5.92 Å². The highest BCUT2D eigenvalue weighted by molar-refractivity contribution is 5.98. The van der Waals surface area contributed by atoms with Gasteiger partial charge in [-0.2, -0.15) is 8.78 Å². The zero-order chi connectivity index (χ0) is 13.0. The molecule has 0 radical (unpaired) electrons. The topological polar surface area (TPSA) is 35.5 Å². The molecule has 0 spiro atoms. The van der Waals surface area contributed by atoms with Gasteiger partial charge in [-0.1, -0.05) is 12.1 Å². The average molecular weight is 256 g/mol. The van der Waals surface area contributed by atoms with Crippen LogP contribution in [-0.2, 0) is 4.74 Å². The van der Waals surface area contributed by atoms with Gasteiger partial charge in [0.1, 0.15) is 5.75 Å². The maximum Gasteiger partial charge on any atom is 0.387 e. The van der Waals surface area contributed by atoms with Crippen LogP contribution in [0.4, 0.5) is 8.78 Å². The van der Waals surface area contributed by atoms with Crippen LogP contribution in [0.25, 0.3) is 0 Å². The molecule has 1 aromatic rings. The summed E-state index contributed by atoms with van der Waals surface area (Å²) in [4.78, 5) is 12.1. The van der Waals surface area contributed by atoms with Crippen molar-refractivity contribution in [1.82, 2.24) is 0 Å². The van der Waals surface area contributed by atoms with Crippen LogP contribution in [0.2, 0.25) is 0 Å². The van der Waals surface area contributed by atoms with Crippen LogP contribution in [0.1, 0.15) is 23.2 Å². The second-order valence-corrected chi connectivity index (χ2v) is 4.18. The van der Waals surface area contributed by atoms with Crippen LogP contribution in [0.3, 0.4) is 0 Å². The van der Waals surface area contributed by atoms with Gasteiger partial charge in [0.05, 0.1) is 6.61 Å². The number of Topliss-reactive ketones (excluding diaryl/α,β-unsaturated/α-hetero) is 1. The molecular formula is C13H14F2O3. The largest absolute Gasteiger partial charge is 0.435 e. The molecule has 0 bridgehead atoms. The highest BCUT2D eigenvalue weighted by atomic mass is 19.3. The lowest BCUT2D eigenvalue weighted by Crippen LogP contribution is -2.25. The Morgan fingerprint density at radius 2 is 2.28 bits per heavy atom. The van der Waals surface area contributed by atoms with Crippen molar-refractivity contribution >= 4 is 5.78 Å². The third kappa shape index (κ3) is 3.26. The molecule has 2 rings (SSSR count). The van der Waals surface area contributed by atoms with Gasteiger partial charge in [-0.05, 0) is 25.0 Å². The predicted molar refractivity (Wildman–Crippen MR) is 60.9 cm³/mol. The number of hydrogen-bond acceptors (Lipinski definition) is 3. The first-order chi connectivity index (χ1) is 8.66. The molecule has 0 saturated carbocycles. The molecule has 1 atom stereocenters. The van der Waals surface area contributed by atoms with Crippen LogP contribution in [0, 0.1) is 5.92 Å². The molecule has 3 nitrogen and oxygen atoms in total. The fourth-order valence-corrected chi connectivity index (χ4v) is 2.01. The summed E-state index contributed by atoms with van der Waals surface area (Å²) in [7, 11) is 0. The lowest BCUT2D eigenvalue weighted by molar-refractivity contribution is -0.0499. The van der Waals surface area contributed by atoms with Gasteiger partial charge in [-0.25, -0.2) is 0 Å². The Hall–Kier alpha value is -1.49. The van der Waals surface area contributed by atoms with Crippen molar-refractivity contribution in [3.05, 3.63) is 29.8 Å². The molecule has 0 N–H and O–H groups in total. The summed E-state index contributed by atoms with van der Waals surface area (Å²) in [5, 5.41) is 0. The van der Waals surface area contributed by atoms with Crippen molar-refractivity contribution in [3.8, 4) is 5.75 Å². The van der Waals surface area contributed by atoms with E-state index in [0.29, 0.717) is 18.8 Å². The van der Waals surface area contributed by atoms with Gasteiger partial charge >= 0.3 is 6.61 Å². The van der Waals surface area contributed by atoms with E-state index in [-0.39, 0.29) is 17.5 Å². The number of carbonyl (C=O) groups excluding carboxylic acids is 1. The third-order valence-electron chi connectivity index (χ3n) is 2.87. The number of rotatable bonds is 4. The maximum atomic E-state index is 12.1. The first-order valence-electron chi connectivity index (χ1n) is 5.83. The van der Waals surface area contributed by atoms with Crippen molar-refractivity contribution in [2.45, 2.75) is 19.5 Å². The molecule has 1 aliphatic heterocycles. The van der Waals surface area contributed by atoms with Crippen LogP contribution in [0.5, 0.6) is 5.75 Å². The zero-order valence-electron chi connectivity index (χ0n) is 9.77. The lowest BCUT2D eigenvalue weighted by Gasteiger charge is -2.21. The molecule has 0 aliphatic carbocycles. The summed E-state index contributed by atoms with van der Waals surface area (Å²) in [6, 6.07) is 5.90. The summed E-state index contributed by atoms with van der Waals surface area (Å²) in [6.07, 6.45) is 1.63. The minimum Gasteiger partial charge on any atom is -0.435 e. The Morgan fingerprint density at radius 3 is 2.94 bits per heavy atom. The molecule has 1 aromatic carbocycles. The van der Waals surface area contributed by atoms with Crippen LogP contribution in [-0.4, -0.2) is 25.6 Å². The summed E-state index contributed by atoms with van der Waals surface area (Å²) in [6.45, 7) is -1.80. The SMILES string of the molecule is O=C(c1cccc(OC(F)F)c1)C1CCCOC1. The predicted octanol–water partition coefficient (Wildman–Crippen LogP) is 2.90. The maximum absolute atomic E-state index is 12.1. The minimum atomic E-state index is -2.88. The summed E-state index contributed by atoms with van der Waals surface area (Å²) in [5.74, 6) is -0.248. The number of ether oxygens (including phenoxy) is 2. The number of benzene rings is 1. The van der Waals surface area contributed by atoms with E-state index < -0.39 is 6.61 Å². The first-order valence-corrected chi connectivity index (χ1v) is 5.83. The molecule has 1 unspecified atom stereocenters. The normalized spacial score (nSPS) is 19.8. The molecule has 0 amide bonds. The highest BCUT2D eigenvalue weighted by Crippen LogP contribution is 2.22. The van der Waals surface area contributed by atoms with Crippen molar-refractivity contribution < 1.29 is 23.0 Å². The molecule has 1 heterocycles. The Bertz CT molecular complexity index is 414. The van der Waals surface area contributed by atoms with E-state index in [1.165, 1.54) is 18.2 Å². The standard InChI is InChI=1S/C13H14F2O3/c14-13(15)18-11-5-1-3-9(7-11)12(16)10-4-2-6-17-8-10/h1,3,5,7,10,13H,2,4,6,8H2. The molecule has 1 fully saturated rings. The van der Waals surface area contributed by atoms with E-state index in [9.17, 15) is 13.6 Å². The lowest BCUT2D eigenvalue weighted by atomic mass is 9.93. The Balaban J connectivity index is 2.09. The average Bonchev–Trinajstić information content (AvgIpc) is 2.38. The molecule has 0 aromatic heterocycles. The second kappa shape index (κ2) is 5.91. The molecule has 1 aliphatic rings. The van der Waals surface area contributed by atoms with Gasteiger partial charge < -0.3 is 9.47 Å². The number of hydrogen-bond donors (Lipinski definition) is 0. The molecular weight excluding hydrogens is 242 g/mol. The van der Waals surface area contributed by atoms with Gasteiger partial charge in [0, 0.05) is 18.1 Å². The smallest absolute Gasteiger partial charge is 0.387 e. The number of ketones is 1. The van der Waals surface area contributed by atoms with E-state index in [2.05, 4.69) is 4.74 Å². The van der Waals surface area contributed by atoms with Gasteiger partial charge in [0.2, 0.25) is 0 Å². The van der Waals surface area contributed by atoms with Gasteiger partial charge in [-0.15, -0.1) is 0 Å². The van der Waals surface area contributed by atoms with Crippen LogP contribution >= 0.6 is 0 Å². The van der Waals surface area contributed by atoms with E-state index in [4.69, 9.17) is 4.74 Å². The quantitative estimate of drug-likeness (QED) is 0.777. The van der Waals surface area contributed by atoms with Gasteiger partial charge in [0.15, 0.2) is 5.78 Å². The zero-order valence-corrected chi connectivity index (χ0v) is 9.77. The van der Waals surface area contributed by atoms with Gasteiger partial charge in [-0.3, -0.25) is 4.79 Å². The summed E-state index contributed by atoms with van der Waals surface area (Å²) >= 11 is 0. The Labute approximate surface area is 104 Å². The van der Waals surface area contributed by atoms with Crippen LogP contribution < -0.4 is 4.74 Å². The number of halogens is 2. The monoisotopic (exact) mass is 256 g/mol. The third-order valence-corrected chi connectivity index (χ3v) is 2.87. The van der Waals surface area contributed by atoms with E-state index in [0.717, 1.165) is 12.8 Å². The Morgan fingerprint density at radius 1 is 1.44 bits per heavy atom. The first kappa shape index (κ1) is 13.0. The van der Waals surface area contributed by atoms with Crippen molar-refractivity contribution in [2.75, 3.05) is 13.2 Å². The number of alkyl halides is 2. The Kier molecular flexibility index (Phi) is 4.25. The van der Waals surface area contributed by atoms with E-state index in [1.54, 1.807) is 6.07 Å². The van der Waals surface area contributed by atoms with Crippen molar-refractivity contribution in [1.29, 1.82) is 0 Å². The summed E-state index contributed by atoms with van der Waals surface area (Å²) in [5.41, 5.74) is 0.392. The summed E-state index contributed by atoms with van der Waals surface area (Å²) < 4.78 is 33.7. The highest BCUT2D eigenvalue weighted by Gasteiger charge is 2.23. The van der Waals surface area contributed by atoms with Gasteiger partial charge in [0.25, 0.3) is 0 Å². The van der Waals surface area contributed by atoms with Crippen LogP contribution in [0.15, 0.2) is 24.3 Å². The van der Waals surface area contributed by atoms with E-state index in [1.807, 2.05) is 0 Å². The molecule has 5 heteroatoms. The molecule has 1 saturated heterocycles. The van der Waals surface area contributed by atoms with E-state index >= 15 is 0 Å². The number of carbonyl (C=O) groups is 1. The second-order valence-electron chi connectivity index (χ2n) is 4.18. The fraction of sp³-hybridized carbons (Fsp3) is 0.462. The molecule has 98 valence electrons. The van der Waals surface area contributed by atoms with Crippen molar-refractivity contribution in [3.63, 3.8) is 0 Å². The fourth-order valence-electron chi connectivity index (χ4n) is 2.01. The minimum absolute atomic E-state index is 0.00702.